The van der Waals surface area contributed by atoms with Crippen molar-refractivity contribution in [2.24, 2.45) is 0 Å². The van der Waals surface area contributed by atoms with Crippen molar-refractivity contribution in [3.8, 4) is 0 Å². The number of benzene rings is 2. The van der Waals surface area contributed by atoms with Crippen molar-refractivity contribution in [2.75, 3.05) is 0 Å². The minimum atomic E-state index is 0.665. The molecule has 1 heteroatoms. The van der Waals surface area contributed by atoms with Crippen molar-refractivity contribution in [1.29, 1.82) is 0 Å². The molecule has 1 N–H and O–H groups in total. The van der Waals surface area contributed by atoms with Gasteiger partial charge in [-0.3, -0.25) is 0 Å². The molecule has 2 atom stereocenters. The molecular weight excluding hydrogens is 266 g/mol. The summed E-state index contributed by atoms with van der Waals surface area (Å²) < 4.78 is 0. The average molecular weight is 293 g/mol. The van der Waals surface area contributed by atoms with E-state index in [-0.39, 0.29) is 0 Å². The predicted octanol–water partition coefficient (Wildman–Crippen LogP) is 4.76. The molecule has 0 unspecified atom stereocenters. The highest BCUT2D eigenvalue weighted by Crippen LogP contribution is 2.20. The Kier molecular flexibility index (Phi) is 5.66. The minimum Gasteiger partial charge on any atom is -0.311 e. The zero-order valence-electron chi connectivity index (χ0n) is 13.4. The van der Waals surface area contributed by atoms with Gasteiger partial charge in [0.05, 0.1) is 0 Å². The third-order valence-corrected chi connectivity index (χ3v) is 4.76. The van der Waals surface area contributed by atoms with Crippen molar-refractivity contribution in [3.63, 3.8) is 0 Å². The summed E-state index contributed by atoms with van der Waals surface area (Å²) in [6.45, 7) is 0. The SMILES string of the molecule is c1ccc(CCC[C@H]2CCC[C@@H](Cc3ccccc3)N2)cc1. The molecule has 116 valence electrons. The number of rotatable bonds is 6. The van der Waals surface area contributed by atoms with E-state index in [9.17, 15) is 0 Å². The second kappa shape index (κ2) is 8.14. The summed E-state index contributed by atoms with van der Waals surface area (Å²) >= 11 is 0. The van der Waals surface area contributed by atoms with E-state index in [1.165, 1.54) is 56.1 Å². The van der Waals surface area contributed by atoms with E-state index in [2.05, 4.69) is 66.0 Å². The van der Waals surface area contributed by atoms with E-state index in [1.54, 1.807) is 0 Å². The highest BCUT2D eigenvalue weighted by molar-refractivity contribution is 5.16. The van der Waals surface area contributed by atoms with Crippen LogP contribution in [0.25, 0.3) is 0 Å². The van der Waals surface area contributed by atoms with Gasteiger partial charge in [0, 0.05) is 12.1 Å². The van der Waals surface area contributed by atoms with Crippen LogP contribution in [0.1, 0.15) is 43.2 Å². The van der Waals surface area contributed by atoms with Gasteiger partial charge in [0.2, 0.25) is 0 Å². The number of hydrogen-bond acceptors (Lipinski definition) is 1. The largest absolute Gasteiger partial charge is 0.311 e. The molecule has 22 heavy (non-hydrogen) atoms. The van der Waals surface area contributed by atoms with Crippen molar-refractivity contribution in [3.05, 3.63) is 71.8 Å². The third-order valence-electron chi connectivity index (χ3n) is 4.76. The first-order valence-electron chi connectivity index (χ1n) is 8.74. The fraction of sp³-hybridized carbons (Fsp3) is 0.429. The molecule has 0 spiro atoms. The molecule has 0 aromatic heterocycles. The number of piperidine rings is 1. The van der Waals surface area contributed by atoms with Gasteiger partial charge in [-0.1, -0.05) is 67.1 Å². The first kappa shape index (κ1) is 15.3. The Morgan fingerprint density at radius 1 is 0.773 bits per heavy atom. The van der Waals surface area contributed by atoms with Crippen LogP contribution in [-0.4, -0.2) is 12.1 Å². The van der Waals surface area contributed by atoms with Crippen LogP contribution in [0.4, 0.5) is 0 Å². The molecule has 1 aliphatic heterocycles. The zero-order valence-corrected chi connectivity index (χ0v) is 13.4. The van der Waals surface area contributed by atoms with E-state index < -0.39 is 0 Å². The zero-order chi connectivity index (χ0) is 15.0. The summed E-state index contributed by atoms with van der Waals surface area (Å²) in [6, 6.07) is 23.1. The molecule has 1 aliphatic rings. The molecule has 2 aromatic carbocycles. The maximum absolute atomic E-state index is 3.89. The van der Waals surface area contributed by atoms with Crippen LogP contribution in [0.15, 0.2) is 60.7 Å². The van der Waals surface area contributed by atoms with Crippen LogP contribution in [0.5, 0.6) is 0 Å². The average Bonchev–Trinajstić information content (AvgIpc) is 2.57. The molecule has 0 saturated carbocycles. The van der Waals surface area contributed by atoms with Crippen molar-refractivity contribution < 1.29 is 0 Å². The van der Waals surface area contributed by atoms with Crippen LogP contribution in [0, 0.1) is 0 Å². The van der Waals surface area contributed by atoms with Crippen LogP contribution >= 0.6 is 0 Å². The van der Waals surface area contributed by atoms with Gasteiger partial charge in [-0.05, 0) is 49.7 Å². The van der Waals surface area contributed by atoms with Gasteiger partial charge in [0.25, 0.3) is 0 Å². The van der Waals surface area contributed by atoms with Gasteiger partial charge in [0.15, 0.2) is 0 Å². The quantitative estimate of drug-likeness (QED) is 0.809. The predicted molar refractivity (Wildman–Crippen MR) is 94.1 cm³/mol. The van der Waals surface area contributed by atoms with E-state index in [0.29, 0.717) is 12.1 Å². The lowest BCUT2D eigenvalue weighted by atomic mass is 9.91. The maximum Gasteiger partial charge on any atom is 0.0110 e. The molecule has 3 rings (SSSR count). The molecule has 1 fully saturated rings. The minimum absolute atomic E-state index is 0.665. The first-order valence-corrected chi connectivity index (χ1v) is 8.74. The Bertz CT molecular complexity index is 534. The number of nitrogens with one attached hydrogen (secondary N) is 1. The molecular formula is C21H27N. The maximum atomic E-state index is 3.89. The first-order chi connectivity index (χ1) is 10.9. The monoisotopic (exact) mass is 293 g/mol. The van der Waals surface area contributed by atoms with Crippen molar-refractivity contribution in [2.45, 2.75) is 57.0 Å². The fourth-order valence-corrected chi connectivity index (χ4v) is 3.60. The highest BCUT2D eigenvalue weighted by Gasteiger charge is 2.20. The van der Waals surface area contributed by atoms with Crippen LogP contribution < -0.4 is 5.32 Å². The Hall–Kier alpha value is -1.60. The molecule has 1 heterocycles. The second-order valence-corrected chi connectivity index (χ2v) is 6.56. The van der Waals surface area contributed by atoms with Crippen LogP contribution in [0.3, 0.4) is 0 Å². The van der Waals surface area contributed by atoms with Gasteiger partial charge < -0.3 is 5.32 Å². The van der Waals surface area contributed by atoms with E-state index >= 15 is 0 Å². The third kappa shape index (κ3) is 4.71. The van der Waals surface area contributed by atoms with Gasteiger partial charge in [-0.25, -0.2) is 0 Å². The standard InChI is InChI=1S/C21H27N/c1-3-9-18(10-4-1)13-7-14-20-15-8-16-21(22-20)17-19-11-5-2-6-12-19/h1-6,9-12,20-22H,7-8,13-17H2/t20-,21-/m0/s1. The fourth-order valence-electron chi connectivity index (χ4n) is 3.60. The molecule has 0 radical (unpaired) electrons. The normalized spacial score (nSPS) is 21.6. The summed E-state index contributed by atoms with van der Waals surface area (Å²) in [6.07, 6.45) is 9.03. The summed E-state index contributed by atoms with van der Waals surface area (Å²) in [5.41, 5.74) is 2.93. The van der Waals surface area contributed by atoms with Gasteiger partial charge in [0.1, 0.15) is 0 Å². The Balaban J connectivity index is 1.42. The lowest BCUT2D eigenvalue weighted by Gasteiger charge is -2.31. The smallest absolute Gasteiger partial charge is 0.0110 e. The summed E-state index contributed by atoms with van der Waals surface area (Å²) in [5.74, 6) is 0. The van der Waals surface area contributed by atoms with E-state index in [1.807, 2.05) is 0 Å². The van der Waals surface area contributed by atoms with Gasteiger partial charge in [-0.2, -0.15) is 0 Å². The Labute approximate surface area is 134 Å². The molecule has 1 nitrogen and oxygen atoms in total. The van der Waals surface area contributed by atoms with Crippen LogP contribution in [-0.2, 0) is 12.8 Å². The molecule has 0 bridgehead atoms. The summed E-state index contributed by atoms with van der Waals surface area (Å²) in [4.78, 5) is 0. The Morgan fingerprint density at radius 2 is 1.41 bits per heavy atom. The molecule has 0 amide bonds. The van der Waals surface area contributed by atoms with Crippen molar-refractivity contribution >= 4 is 0 Å². The summed E-state index contributed by atoms with van der Waals surface area (Å²) in [7, 11) is 0. The van der Waals surface area contributed by atoms with Crippen molar-refractivity contribution in [1.82, 2.24) is 5.32 Å². The lowest BCUT2D eigenvalue weighted by molar-refractivity contribution is 0.302. The van der Waals surface area contributed by atoms with Gasteiger partial charge >= 0.3 is 0 Å². The molecule has 0 aliphatic carbocycles. The lowest BCUT2D eigenvalue weighted by Crippen LogP contribution is -2.43. The highest BCUT2D eigenvalue weighted by atomic mass is 15.0. The second-order valence-electron chi connectivity index (χ2n) is 6.56. The van der Waals surface area contributed by atoms with Crippen LogP contribution in [0.2, 0.25) is 0 Å². The topological polar surface area (TPSA) is 12.0 Å². The molecule has 2 aromatic rings. The molecule has 1 saturated heterocycles. The summed E-state index contributed by atoms with van der Waals surface area (Å²) in [5, 5.41) is 3.89. The van der Waals surface area contributed by atoms with E-state index in [0.717, 1.165) is 0 Å². The van der Waals surface area contributed by atoms with E-state index in [4.69, 9.17) is 0 Å². The van der Waals surface area contributed by atoms with Gasteiger partial charge in [-0.15, -0.1) is 0 Å². The number of hydrogen-bond donors (Lipinski definition) is 1. The number of aryl methyl sites for hydroxylation is 1. The Morgan fingerprint density at radius 3 is 2.14 bits per heavy atom.